The van der Waals surface area contributed by atoms with Crippen molar-refractivity contribution in [1.82, 2.24) is 14.7 Å². The molecule has 0 bridgehead atoms. The number of piperidine rings is 1. The van der Waals surface area contributed by atoms with Gasteiger partial charge in [0.05, 0.1) is 17.3 Å². The van der Waals surface area contributed by atoms with Crippen molar-refractivity contribution in [2.75, 3.05) is 12.3 Å². The van der Waals surface area contributed by atoms with Crippen LogP contribution in [0.25, 0.3) is 0 Å². The molecule has 0 saturated carbocycles. The molecule has 0 aliphatic carbocycles. The zero-order chi connectivity index (χ0) is 21.3. The summed E-state index contributed by atoms with van der Waals surface area (Å²) in [5.41, 5.74) is 9.29. The van der Waals surface area contributed by atoms with Crippen LogP contribution in [-0.4, -0.2) is 33.0 Å². The minimum atomic E-state index is -0.501. The van der Waals surface area contributed by atoms with Gasteiger partial charge in [0.2, 0.25) is 0 Å². The normalized spacial score (nSPS) is 16.6. The van der Waals surface area contributed by atoms with Gasteiger partial charge < -0.3 is 10.6 Å². The molecule has 1 aromatic heterocycles. The smallest absolute Gasteiger partial charge is 0.273 e. The number of rotatable bonds is 3. The zero-order valence-electron chi connectivity index (χ0n) is 17.3. The van der Waals surface area contributed by atoms with Crippen LogP contribution in [0.15, 0.2) is 35.4 Å². The molecule has 2 heterocycles. The minimum Gasteiger partial charge on any atom is -0.398 e. The highest BCUT2D eigenvalue weighted by Crippen LogP contribution is 2.33. The first-order valence-corrected chi connectivity index (χ1v) is 9.82. The molecule has 2 aromatic rings. The Morgan fingerprint density at radius 2 is 1.90 bits per heavy atom. The lowest BCUT2D eigenvalue weighted by molar-refractivity contribution is 0.0606. The van der Waals surface area contributed by atoms with E-state index in [-0.39, 0.29) is 29.1 Å². The molecular weight excluding hydrogens is 371 g/mol. The van der Waals surface area contributed by atoms with E-state index in [9.17, 15) is 14.0 Å². The second kappa shape index (κ2) is 8.19. The molecule has 2 N–H and O–H groups in total. The summed E-state index contributed by atoms with van der Waals surface area (Å²) in [6, 6.07) is 5.39. The summed E-state index contributed by atoms with van der Waals surface area (Å²) in [5, 5.41) is 4.54. The molecule has 1 unspecified atom stereocenters. The van der Waals surface area contributed by atoms with Crippen molar-refractivity contribution in [3.05, 3.63) is 58.2 Å². The van der Waals surface area contributed by atoms with Crippen LogP contribution in [0.2, 0.25) is 0 Å². The molecule has 3 rings (SSSR count). The number of likely N-dealkylation sites (tertiary alicyclic amines) is 1. The topological polar surface area (TPSA) is 81.2 Å². The SMILES string of the molecule is CC(C)=C(C)C(=O)n1nc(C2CCCCN2C(=O)c2cc(F)ccc2N)cc1C. The van der Waals surface area contributed by atoms with Crippen molar-refractivity contribution in [1.29, 1.82) is 0 Å². The van der Waals surface area contributed by atoms with E-state index in [4.69, 9.17) is 5.73 Å². The Morgan fingerprint density at radius 1 is 1.17 bits per heavy atom. The van der Waals surface area contributed by atoms with Gasteiger partial charge in [0.1, 0.15) is 5.82 Å². The first-order chi connectivity index (χ1) is 13.7. The third-order valence-corrected chi connectivity index (χ3v) is 5.52. The molecule has 154 valence electrons. The second-order valence-corrected chi connectivity index (χ2v) is 7.79. The van der Waals surface area contributed by atoms with Gasteiger partial charge in [-0.3, -0.25) is 9.59 Å². The molecular formula is C22H27FN4O2. The van der Waals surface area contributed by atoms with Crippen molar-refractivity contribution >= 4 is 17.5 Å². The van der Waals surface area contributed by atoms with Gasteiger partial charge in [-0.05, 0) is 71.2 Å². The van der Waals surface area contributed by atoms with E-state index in [2.05, 4.69) is 5.10 Å². The number of aromatic nitrogens is 2. The van der Waals surface area contributed by atoms with Crippen molar-refractivity contribution in [3.63, 3.8) is 0 Å². The van der Waals surface area contributed by atoms with Gasteiger partial charge >= 0.3 is 0 Å². The maximum absolute atomic E-state index is 13.7. The average Bonchev–Trinajstić information content (AvgIpc) is 3.09. The van der Waals surface area contributed by atoms with E-state index in [1.165, 1.54) is 22.9 Å². The summed E-state index contributed by atoms with van der Waals surface area (Å²) in [6.07, 6.45) is 2.53. The predicted octanol–water partition coefficient (Wildman–Crippen LogP) is 4.28. The largest absolute Gasteiger partial charge is 0.398 e. The zero-order valence-corrected chi connectivity index (χ0v) is 17.3. The van der Waals surface area contributed by atoms with Crippen LogP contribution in [0, 0.1) is 12.7 Å². The van der Waals surface area contributed by atoms with Gasteiger partial charge in [0, 0.05) is 23.5 Å². The summed E-state index contributed by atoms with van der Waals surface area (Å²) in [5.74, 6) is -0.985. The second-order valence-electron chi connectivity index (χ2n) is 7.79. The maximum atomic E-state index is 13.7. The lowest BCUT2D eigenvalue weighted by atomic mass is 9.97. The number of halogens is 1. The first kappa shape index (κ1) is 20.8. The van der Waals surface area contributed by atoms with Gasteiger partial charge in [0.15, 0.2) is 0 Å². The fourth-order valence-corrected chi connectivity index (χ4v) is 3.59. The third-order valence-electron chi connectivity index (χ3n) is 5.52. The van der Waals surface area contributed by atoms with Crippen LogP contribution < -0.4 is 5.73 Å². The first-order valence-electron chi connectivity index (χ1n) is 9.82. The molecule has 0 radical (unpaired) electrons. The molecule has 1 fully saturated rings. The lowest BCUT2D eigenvalue weighted by Crippen LogP contribution is -2.39. The Bertz CT molecular complexity index is 989. The summed E-state index contributed by atoms with van der Waals surface area (Å²) in [7, 11) is 0. The monoisotopic (exact) mass is 398 g/mol. The number of allylic oxidation sites excluding steroid dienone is 2. The Balaban J connectivity index is 1.96. The number of anilines is 1. The van der Waals surface area contributed by atoms with E-state index in [1.54, 1.807) is 11.8 Å². The fraction of sp³-hybridized carbons (Fsp3) is 0.409. The van der Waals surface area contributed by atoms with E-state index in [1.807, 2.05) is 26.8 Å². The average molecular weight is 398 g/mol. The highest BCUT2D eigenvalue weighted by Gasteiger charge is 2.32. The summed E-state index contributed by atoms with van der Waals surface area (Å²) < 4.78 is 15.1. The summed E-state index contributed by atoms with van der Waals surface area (Å²) >= 11 is 0. The number of carbonyl (C=O) groups is 2. The molecule has 6 nitrogen and oxygen atoms in total. The minimum absolute atomic E-state index is 0.157. The van der Waals surface area contributed by atoms with E-state index in [0.717, 1.165) is 24.8 Å². The van der Waals surface area contributed by atoms with Crippen LogP contribution in [-0.2, 0) is 0 Å². The summed E-state index contributed by atoms with van der Waals surface area (Å²) in [4.78, 5) is 27.6. The molecule has 1 aromatic carbocycles. The lowest BCUT2D eigenvalue weighted by Gasteiger charge is -2.35. The maximum Gasteiger partial charge on any atom is 0.273 e. The van der Waals surface area contributed by atoms with Crippen LogP contribution in [0.1, 0.15) is 72.6 Å². The van der Waals surface area contributed by atoms with Gasteiger partial charge in [-0.2, -0.15) is 5.10 Å². The van der Waals surface area contributed by atoms with Crippen LogP contribution in [0.4, 0.5) is 10.1 Å². The molecule has 7 heteroatoms. The molecule has 0 spiro atoms. The van der Waals surface area contributed by atoms with E-state index in [0.29, 0.717) is 23.5 Å². The highest BCUT2D eigenvalue weighted by atomic mass is 19.1. The number of nitrogens with zero attached hydrogens (tertiary/aromatic N) is 3. The van der Waals surface area contributed by atoms with Crippen LogP contribution in [0.3, 0.4) is 0 Å². The van der Waals surface area contributed by atoms with Crippen molar-refractivity contribution < 1.29 is 14.0 Å². The number of hydrogen-bond acceptors (Lipinski definition) is 4. The van der Waals surface area contributed by atoms with Gasteiger partial charge in [0.25, 0.3) is 11.8 Å². The van der Waals surface area contributed by atoms with E-state index >= 15 is 0 Å². The van der Waals surface area contributed by atoms with E-state index < -0.39 is 5.82 Å². The third kappa shape index (κ3) is 4.09. The van der Waals surface area contributed by atoms with Crippen LogP contribution >= 0.6 is 0 Å². The predicted molar refractivity (Wildman–Crippen MR) is 110 cm³/mol. The number of aryl methyl sites for hydroxylation is 1. The Hall–Kier alpha value is -2.96. The highest BCUT2D eigenvalue weighted by molar-refractivity contribution is 5.99. The molecule has 1 atom stereocenters. The number of nitrogens with two attached hydrogens (primary N) is 1. The number of carbonyl (C=O) groups excluding carboxylic acids is 2. The summed E-state index contributed by atoms with van der Waals surface area (Å²) in [6.45, 7) is 7.91. The van der Waals surface area contributed by atoms with Crippen LogP contribution in [0.5, 0.6) is 0 Å². The standard InChI is InChI=1S/C22H27FN4O2/c1-13(2)15(4)21(28)27-14(3)11-19(25-27)20-7-5-6-10-26(20)22(29)17-12-16(23)8-9-18(17)24/h8-9,11-12,20H,5-7,10,24H2,1-4H3. The van der Waals surface area contributed by atoms with Gasteiger partial charge in [-0.1, -0.05) is 5.57 Å². The Kier molecular flexibility index (Phi) is 5.86. The Labute approximate surface area is 170 Å². The van der Waals surface area contributed by atoms with Gasteiger partial charge in [-0.25, -0.2) is 9.07 Å². The number of benzene rings is 1. The molecule has 1 aliphatic heterocycles. The van der Waals surface area contributed by atoms with Crippen molar-refractivity contribution in [2.45, 2.75) is 53.0 Å². The number of hydrogen-bond donors (Lipinski definition) is 1. The number of amides is 1. The van der Waals surface area contributed by atoms with Gasteiger partial charge in [-0.15, -0.1) is 0 Å². The quantitative estimate of drug-likeness (QED) is 0.618. The van der Waals surface area contributed by atoms with Crippen molar-refractivity contribution in [3.8, 4) is 0 Å². The molecule has 29 heavy (non-hydrogen) atoms. The molecule has 1 aliphatic rings. The fourth-order valence-electron chi connectivity index (χ4n) is 3.59. The molecule has 1 amide bonds. The molecule has 1 saturated heterocycles. The van der Waals surface area contributed by atoms with Crippen molar-refractivity contribution in [2.24, 2.45) is 0 Å². The number of nitrogen functional groups attached to an aromatic ring is 1. The Morgan fingerprint density at radius 3 is 2.59 bits per heavy atom.